The zero-order valence-corrected chi connectivity index (χ0v) is 10.4. The van der Waals surface area contributed by atoms with E-state index in [0.29, 0.717) is 5.69 Å². The third kappa shape index (κ3) is 2.27. The molecule has 19 heavy (non-hydrogen) atoms. The van der Waals surface area contributed by atoms with Gasteiger partial charge >= 0.3 is 0 Å². The van der Waals surface area contributed by atoms with Crippen molar-refractivity contribution in [3.8, 4) is 11.8 Å². The number of benzene rings is 1. The zero-order chi connectivity index (χ0) is 13.1. The van der Waals surface area contributed by atoms with Gasteiger partial charge in [0.15, 0.2) is 0 Å². The molecule has 0 aliphatic carbocycles. The van der Waals surface area contributed by atoms with Crippen LogP contribution in [0.1, 0.15) is 29.2 Å². The zero-order valence-electron chi connectivity index (χ0n) is 10.4. The number of rotatable bonds is 2. The number of fused-ring (bicyclic) bond motifs is 1. The van der Waals surface area contributed by atoms with Gasteiger partial charge in [-0.2, -0.15) is 5.26 Å². The van der Waals surface area contributed by atoms with Crippen molar-refractivity contribution in [2.24, 2.45) is 0 Å². The SMILES string of the molecule is N#CC(c1ccc2c(c1)CCCO2)c1cnccn1. The van der Waals surface area contributed by atoms with Crippen LogP contribution < -0.4 is 4.74 Å². The lowest BCUT2D eigenvalue weighted by atomic mass is 9.93. The molecule has 0 spiro atoms. The summed E-state index contributed by atoms with van der Waals surface area (Å²) in [6.07, 6.45) is 6.89. The van der Waals surface area contributed by atoms with Gasteiger partial charge in [-0.05, 0) is 30.0 Å². The third-order valence-corrected chi connectivity index (χ3v) is 3.27. The van der Waals surface area contributed by atoms with Gasteiger partial charge in [-0.15, -0.1) is 0 Å². The minimum absolute atomic E-state index is 0.374. The van der Waals surface area contributed by atoms with Crippen LogP contribution in [0, 0.1) is 11.3 Å². The number of hydrogen-bond acceptors (Lipinski definition) is 4. The molecule has 2 aromatic rings. The summed E-state index contributed by atoms with van der Waals surface area (Å²) in [6, 6.07) is 8.24. The van der Waals surface area contributed by atoms with Gasteiger partial charge < -0.3 is 4.74 Å². The Hall–Kier alpha value is -2.41. The molecule has 0 radical (unpaired) electrons. The van der Waals surface area contributed by atoms with Crippen LogP contribution in [0.2, 0.25) is 0 Å². The minimum atomic E-state index is -0.374. The smallest absolute Gasteiger partial charge is 0.122 e. The van der Waals surface area contributed by atoms with Crippen molar-refractivity contribution in [2.45, 2.75) is 18.8 Å². The van der Waals surface area contributed by atoms with Crippen molar-refractivity contribution in [1.82, 2.24) is 9.97 Å². The monoisotopic (exact) mass is 251 g/mol. The molecule has 0 bridgehead atoms. The van der Waals surface area contributed by atoms with Crippen molar-refractivity contribution in [3.63, 3.8) is 0 Å². The molecule has 0 amide bonds. The van der Waals surface area contributed by atoms with Crippen LogP contribution in [0.4, 0.5) is 0 Å². The molecule has 3 rings (SSSR count). The van der Waals surface area contributed by atoms with Gasteiger partial charge in [0.1, 0.15) is 11.7 Å². The van der Waals surface area contributed by atoms with Gasteiger partial charge in [0.05, 0.1) is 24.6 Å². The van der Waals surface area contributed by atoms with E-state index >= 15 is 0 Å². The first-order chi connectivity index (χ1) is 9.38. The molecule has 1 aromatic heterocycles. The first-order valence-corrected chi connectivity index (χ1v) is 6.29. The molecule has 1 atom stereocenters. The van der Waals surface area contributed by atoms with E-state index in [2.05, 4.69) is 22.1 Å². The lowest BCUT2D eigenvalue weighted by Crippen LogP contribution is -2.09. The van der Waals surface area contributed by atoms with E-state index in [4.69, 9.17) is 4.74 Å². The molecule has 0 N–H and O–H groups in total. The summed E-state index contributed by atoms with van der Waals surface area (Å²) >= 11 is 0. The summed E-state index contributed by atoms with van der Waals surface area (Å²) < 4.78 is 5.59. The largest absolute Gasteiger partial charge is 0.493 e. The fraction of sp³-hybridized carbons (Fsp3) is 0.267. The highest BCUT2D eigenvalue weighted by Crippen LogP contribution is 2.30. The van der Waals surface area contributed by atoms with E-state index in [-0.39, 0.29) is 5.92 Å². The summed E-state index contributed by atoms with van der Waals surface area (Å²) in [6.45, 7) is 0.776. The molecule has 2 heterocycles. The van der Waals surface area contributed by atoms with Gasteiger partial charge in [-0.1, -0.05) is 12.1 Å². The fourth-order valence-corrected chi connectivity index (χ4v) is 2.33. The van der Waals surface area contributed by atoms with Crippen LogP contribution in [0.3, 0.4) is 0 Å². The standard InChI is InChI=1S/C15H13N3O/c16-9-13(14-10-17-5-6-18-14)11-3-4-15-12(8-11)2-1-7-19-15/h3-6,8,10,13H,1-2,7H2. The summed E-state index contributed by atoms with van der Waals surface area (Å²) in [5, 5.41) is 9.39. The summed E-state index contributed by atoms with van der Waals surface area (Å²) in [5.74, 6) is 0.562. The fourth-order valence-electron chi connectivity index (χ4n) is 2.33. The molecule has 1 aromatic carbocycles. The molecule has 1 aliphatic rings. The lowest BCUT2D eigenvalue weighted by Gasteiger charge is -2.19. The second kappa shape index (κ2) is 5.07. The molecule has 1 aliphatic heterocycles. The van der Waals surface area contributed by atoms with Gasteiger partial charge in [0, 0.05) is 12.4 Å². The van der Waals surface area contributed by atoms with Gasteiger partial charge in [-0.3, -0.25) is 9.97 Å². The van der Waals surface area contributed by atoms with Crippen molar-refractivity contribution in [1.29, 1.82) is 5.26 Å². The molecule has 4 heteroatoms. The van der Waals surface area contributed by atoms with Crippen LogP contribution >= 0.6 is 0 Å². The Kier molecular flexibility index (Phi) is 3.11. The maximum Gasteiger partial charge on any atom is 0.122 e. The minimum Gasteiger partial charge on any atom is -0.493 e. The Morgan fingerprint density at radius 1 is 1.32 bits per heavy atom. The Morgan fingerprint density at radius 3 is 3.05 bits per heavy atom. The number of aryl methyl sites for hydroxylation is 1. The van der Waals surface area contributed by atoms with Crippen LogP contribution in [0.15, 0.2) is 36.8 Å². The molecule has 0 saturated carbocycles. The molecule has 0 fully saturated rings. The maximum atomic E-state index is 9.39. The first-order valence-electron chi connectivity index (χ1n) is 6.29. The predicted molar refractivity (Wildman–Crippen MR) is 69.7 cm³/mol. The number of ether oxygens (including phenoxy) is 1. The number of nitrogens with zero attached hydrogens (tertiary/aromatic N) is 3. The summed E-state index contributed by atoms with van der Waals surface area (Å²) in [4.78, 5) is 8.25. The molecule has 94 valence electrons. The Morgan fingerprint density at radius 2 is 2.26 bits per heavy atom. The van der Waals surface area contributed by atoms with Crippen LogP contribution in [-0.2, 0) is 6.42 Å². The quantitative estimate of drug-likeness (QED) is 0.822. The molecule has 4 nitrogen and oxygen atoms in total. The topological polar surface area (TPSA) is 58.8 Å². The lowest BCUT2D eigenvalue weighted by molar-refractivity contribution is 0.288. The third-order valence-electron chi connectivity index (χ3n) is 3.27. The van der Waals surface area contributed by atoms with E-state index in [1.54, 1.807) is 18.6 Å². The molecular formula is C15H13N3O. The van der Waals surface area contributed by atoms with Crippen molar-refractivity contribution in [3.05, 3.63) is 53.6 Å². The van der Waals surface area contributed by atoms with Crippen molar-refractivity contribution >= 4 is 0 Å². The van der Waals surface area contributed by atoms with E-state index in [9.17, 15) is 5.26 Å². The van der Waals surface area contributed by atoms with Gasteiger partial charge in [-0.25, -0.2) is 0 Å². The first kappa shape index (κ1) is 11.7. The molecule has 1 unspecified atom stereocenters. The number of nitriles is 1. The maximum absolute atomic E-state index is 9.39. The van der Waals surface area contributed by atoms with Crippen LogP contribution in [0.5, 0.6) is 5.75 Å². The van der Waals surface area contributed by atoms with E-state index in [1.807, 2.05) is 12.1 Å². The Labute approximate surface area is 111 Å². The number of aromatic nitrogens is 2. The van der Waals surface area contributed by atoms with Crippen molar-refractivity contribution in [2.75, 3.05) is 6.61 Å². The Bertz CT molecular complexity index is 619. The van der Waals surface area contributed by atoms with Gasteiger partial charge in [0.2, 0.25) is 0 Å². The van der Waals surface area contributed by atoms with Crippen LogP contribution in [0.25, 0.3) is 0 Å². The van der Waals surface area contributed by atoms with Crippen molar-refractivity contribution < 1.29 is 4.74 Å². The highest BCUT2D eigenvalue weighted by molar-refractivity contribution is 5.43. The Balaban J connectivity index is 1.99. The summed E-state index contributed by atoms with van der Waals surface area (Å²) in [5.41, 5.74) is 2.81. The highest BCUT2D eigenvalue weighted by Gasteiger charge is 2.18. The van der Waals surface area contributed by atoms with Gasteiger partial charge in [0.25, 0.3) is 0 Å². The average Bonchev–Trinajstić information content (AvgIpc) is 2.49. The normalized spacial score (nSPS) is 14.9. The average molecular weight is 251 g/mol. The van der Waals surface area contributed by atoms with Crippen LogP contribution in [-0.4, -0.2) is 16.6 Å². The predicted octanol–water partition coefficient (Wildman–Crippen LogP) is 2.46. The second-order valence-corrected chi connectivity index (χ2v) is 4.51. The highest BCUT2D eigenvalue weighted by atomic mass is 16.5. The number of hydrogen-bond donors (Lipinski definition) is 0. The second-order valence-electron chi connectivity index (χ2n) is 4.51. The van der Waals surface area contributed by atoms with E-state index in [0.717, 1.165) is 30.8 Å². The molecule has 0 saturated heterocycles. The summed E-state index contributed by atoms with van der Waals surface area (Å²) in [7, 11) is 0. The van der Waals surface area contributed by atoms with E-state index < -0.39 is 0 Å². The molecular weight excluding hydrogens is 238 g/mol. The van der Waals surface area contributed by atoms with E-state index in [1.165, 1.54) is 5.56 Å².